The molecular weight excluding hydrogens is 564 g/mol. The second-order valence-electron chi connectivity index (χ2n) is 7.58. The largest absolute Gasteiger partial charge is 0.573 e. The van der Waals surface area contributed by atoms with E-state index in [1.165, 1.54) is 12.1 Å². The summed E-state index contributed by atoms with van der Waals surface area (Å²) < 4.78 is 82.8. The van der Waals surface area contributed by atoms with Crippen molar-refractivity contribution in [3.63, 3.8) is 0 Å². The molecule has 17 heteroatoms. The van der Waals surface area contributed by atoms with Gasteiger partial charge in [-0.05, 0) is 30.7 Å². The van der Waals surface area contributed by atoms with Crippen molar-refractivity contribution in [2.24, 2.45) is 5.73 Å². The number of thiazole rings is 2. The van der Waals surface area contributed by atoms with Crippen molar-refractivity contribution in [2.45, 2.75) is 31.6 Å². The minimum absolute atomic E-state index is 0.0689. The molecule has 2 amide bonds. The molecule has 9 nitrogen and oxygen atoms in total. The van der Waals surface area contributed by atoms with Gasteiger partial charge in [-0.25, -0.2) is 9.97 Å². The van der Waals surface area contributed by atoms with E-state index in [4.69, 9.17) is 5.73 Å². The number of anilines is 2. The SMILES string of the molecule is NC(CCC(=O)Nc1nc2ccc(OC(F)(F)F)cc2s1)C(=O)Nc1nc2ccc(OC(F)(F)F)cc2s1. The molecule has 1 atom stereocenters. The molecule has 0 saturated heterocycles. The summed E-state index contributed by atoms with van der Waals surface area (Å²) in [5.41, 5.74) is 6.53. The van der Waals surface area contributed by atoms with Gasteiger partial charge in [0, 0.05) is 18.6 Å². The fraction of sp³-hybridized carbons (Fsp3) is 0.238. The summed E-state index contributed by atoms with van der Waals surface area (Å²) in [5, 5.41) is 5.19. The molecule has 0 aliphatic carbocycles. The molecule has 0 aliphatic heterocycles. The lowest BCUT2D eigenvalue weighted by Crippen LogP contribution is -2.36. The normalized spacial score (nSPS) is 12.9. The highest BCUT2D eigenvalue weighted by Gasteiger charge is 2.32. The van der Waals surface area contributed by atoms with Crippen LogP contribution in [0, 0.1) is 0 Å². The van der Waals surface area contributed by atoms with Gasteiger partial charge in [0.25, 0.3) is 0 Å². The molecule has 4 N–H and O–H groups in total. The third kappa shape index (κ3) is 7.42. The molecule has 4 aromatic rings. The number of hydrogen-bond donors (Lipinski definition) is 3. The summed E-state index contributed by atoms with van der Waals surface area (Å²) in [4.78, 5) is 32.9. The number of rotatable bonds is 8. The summed E-state index contributed by atoms with van der Waals surface area (Å²) in [7, 11) is 0. The second kappa shape index (κ2) is 10.6. The van der Waals surface area contributed by atoms with Gasteiger partial charge in [-0.15, -0.1) is 26.3 Å². The van der Waals surface area contributed by atoms with Crippen molar-refractivity contribution in [3.8, 4) is 11.5 Å². The first-order valence-electron chi connectivity index (χ1n) is 10.4. The van der Waals surface area contributed by atoms with E-state index in [1.54, 1.807) is 0 Å². The van der Waals surface area contributed by atoms with E-state index in [2.05, 4.69) is 30.1 Å². The molecule has 2 aromatic heterocycles. The topological polar surface area (TPSA) is 128 Å². The molecule has 38 heavy (non-hydrogen) atoms. The number of carbonyl (C=O) groups excluding carboxylic acids is 2. The molecule has 0 fully saturated rings. The Kier molecular flexibility index (Phi) is 7.61. The molecule has 0 saturated carbocycles. The van der Waals surface area contributed by atoms with E-state index in [-0.39, 0.29) is 23.1 Å². The third-order valence-corrected chi connectivity index (χ3v) is 6.55. The maximum Gasteiger partial charge on any atom is 0.573 e. The van der Waals surface area contributed by atoms with Crippen LogP contribution in [0.5, 0.6) is 11.5 Å². The van der Waals surface area contributed by atoms with E-state index in [1.807, 2.05) is 0 Å². The van der Waals surface area contributed by atoms with Crippen molar-refractivity contribution in [1.29, 1.82) is 0 Å². The van der Waals surface area contributed by atoms with E-state index in [0.29, 0.717) is 20.4 Å². The Morgan fingerprint density at radius 1 is 0.842 bits per heavy atom. The van der Waals surface area contributed by atoms with Crippen LogP contribution in [0.1, 0.15) is 12.8 Å². The summed E-state index contributed by atoms with van der Waals surface area (Å²) in [5.74, 6) is -2.05. The van der Waals surface area contributed by atoms with E-state index < -0.39 is 42.1 Å². The monoisotopic (exact) mass is 579 g/mol. The van der Waals surface area contributed by atoms with Crippen LogP contribution in [0.3, 0.4) is 0 Å². The first kappa shape index (κ1) is 27.3. The highest BCUT2D eigenvalue weighted by molar-refractivity contribution is 7.22. The summed E-state index contributed by atoms with van der Waals surface area (Å²) in [6.45, 7) is 0. The number of halogens is 6. The lowest BCUT2D eigenvalue weighted by atomic mass is 10.1. The summed E-state index contributed by atoms with van der Waals surface area (Å²) in [6.07, 6.45) is -9.94. The first-order chi connectivity index (χ1) is 17.7. The number of aromatic nitrogens is 2. The minimum atomic E-state index is -4.85. The predicted molar refractivity (Wildman–Crippen MR) is 127 cm³/mol. The third-order valence-electron chi connectivity index (χ3n) is 4.68. The van der Waals surface area contributed by atoms with Crippen molar-refractivity contribution in [3.05, 3.63) is 36.4 Å². The Balaban J connectivity index is 1.29. The highest BCUT2D eigenvalue weighted by Crippen LogP contribution is 2.33. The first-order valence-corrected chi connectivity index (χ1v) is 12.1. The Morgan fingerprint density at radius 3 is 1.79 bits per heavy atom. The van der Waals surface area contributed by atoms with Crippen molar-refractivity contribution < 1.29 is 45.4 Å². The number of amides is 2. The standard InChI is InChI=1S/C21H15F6N5O4S2/c22-20(23,24)35-9-1-4-12-14(7-9)37-18(29-12)31-16(33)6-3-11(28)17(34)32-19-30-13-5-2-10(8-15(13)38-19)36-21(25,26)27/h1-2,4-5,7-8,11H,3,6,28H2,(H,29,31,33)(H,30,32,34). The van der Waals surface area contributed by atoms with Crippen LogP contribution in [-0.4, -0.2) is 40.5 Å². The molecule has 0 aliphatic rings. The summed E-state index contributed by atoms with van der Waals surface area (Å²) in [6, 6.07) is 5.96. The van der Waals surface area contributed by atoms with Gasteiger partial charge in [0.05, 0.1) is 26.5 Å². The van der Waals surface area contributed by atoms with Crippen molar-refractivity contribution >= 4 is 65.2 Å². The molecule has 0 spiro atoms. The number of nitrogens with one attached hydrogen (secondary N) is 2. The maximum absolute atomic E-state index is 12.4. The molecule has 2 heterocycles. The fourth-order valence-electron chi connectivity index (χ4n) is 3.11. The zero-order valence-corrected chi connectivity index (χ0v) is 20.3. The van der Waals surface area contributed by atoms with Gasteiger partial charge in [-0.1, -0.05) is 22.7 Å². The molecule has 0 bridgehead atoms. The van der Waals surface area contributed by atoms with Crippen LogP contribution in [-0.2, 0) is 9.59 Å². The Hall–Kier alpha value is -3.70. The number of alkyl halides is 6. The van der Waals surface area contributed by atoms with Crippen LogP contribution >= 0.6 is 22.7 Å². The smallest absolute Gasteiger partial charge is 0.406 e. The molecule has 4 rings (SSSR count). The lowest BCUT2D eigenvalue weighted by Gasteiger charge is -2.10. The van der Waals surface area contributed by atoms with E-state index in [9.17, 15) is 35.9 Å². The van der Waals surface area contributed by atoms with E-state index in [0.717, 1.165) is 46.9 Å². The molecule has 0 radical (unpaired) electrons. The number of fused-ring (bicyclic) bond motifs is 2. The second-order valence-corrected chi connectivity index (χ2v) is 9.64. The quantitative estimate of drug-likeness (QED) is 0.239. The van der Waals surface area contributed by atoms with Crippen molar-refractivity contribution in [2.75, 3.05) is 10.6 Å². The number of nitrogens with zero attached hydrogens (tertiary/aromatic N) is 2. The number of benzene rings is 2. The Labute approximate surface area is 216 Å². The molecular formula is C21H15F6N5O4S2. The number of nitrogens with two attached hydrogens (primary N) is 1. The number of hydrogen-bond acceptors (Lipinski definition) is 9. The zero-order valence-electron chi connectivity index (χ0n) is 18.6. The van der Waals surface area contributed by atoms with Crippen LogP contribution in [0.15, 0.2) is 36.4 Å². The van der Waals surface area contributed by atoms with Crippen LogP contribution < -0.4 is 25.8 Å². The average molecular weight is 580 g/mol. The van der Waals surface area contributed by atoms with Gasteiger partial charge >= 0.3 is 12.7 Å². The van der Waals surface area contributed by atoms with Gasteiger partial charge in [0.15, 0.2) is 10.3 Å². The van der Waals surface area contributed by atoms with Crippen LogP contribution in [0.2, 0.25) is 0 Å². The zero-order chi connectivity index (χ0) is 27.7. The van der Waals surface area contributed by atoms with Gasteiger partial charge < -0.3 is 25.8 Å². The molecule has 202 valence electrons. The Bertz CT molecular complexity index is 1490. The van der Waals surface area contributed by atoms with E-state index >= 15 is 0 Å². The number of carbonyl (C=O) groups is 2. The minimum Gasteiger partial charge on any atom is -0.406 e. The number of ether oxygens (including phenoxy) is 2. The Morgan fingerprint density at radius 2 is 1.32 bits per heavy atom. The van der Waals surface area contributed by atoms with Crippen molar-refractivity contribution in [1.82, 2.24) is 9.97 Å². The lowest BCUT2D eigenvalue weighted by molar-refractivity contribution is -0.275. The van der Waals surface area contributed by atoms with Crippen LogP contribution in [0.25, 0.3) is 20.4 Å². The van der Waals surface area contributed by atoms with Gasteiger partial charge in [0.1, 0.15) is 11.5 Å². The van der Waals surface area contributed by atoms with Crippen LogP contribution in [0.4, 0.5) is 36.6 Å². The highest BCUT2D eigenvalue weighted by atomic mass is 32.1. The fourth-order valence-corrected chi connectivity index (χ4v) is 4.92. The maximum atomic E-state index is 12.4. The van der Waals surface area contributed by atoms with Gasteiger partial charge in [0.2, 0.25) is 11.8 Å². The predicted octanol–water partition coefficient (Wildman–Crippen LogP) is 5.39. The molecule has 1 unspecified atom stereocenters. The molecule has 2 aromatic carbocycles. The summed E-state index contributed by atoms with van der Waals surface area (Å²) >= 11 is 1.85. The van der Waals surface area contributed by atoms with Gasteiger partial charge in [-0.3, -0.25) is 9.59 Å². The average Bonchev–Trinajstić information content (AvgIpc) is 3.37. The van der Waals surface area contributed by atoms with Gasteiger partial charge in [-0.2, -0.15) is 0 Å².